The second-order valence-electron chi connectivity index (χ2n) is 5.09. The van der Waals surface area contributed by atoms with E-state index in [4.69, 9.17) is 5.11 Å². The molecule has 1 fully saturated rings. The molecule has 1 aromatic heterocycles. The molecular weight excluding hydrogens is 280 g/mol. The minimum absolute atomic E-state index is 0.0685. The molecule has 0 radical (unpaired) electrons. The minimum atomic E-state index is -3.61. The third-order valence-corrected chi connectivity index (χ3v) is 5.13. The number of hydrogen-bond acceptors (Lipinski definition) is 5. The Labute approximate surface area is 119 Å². The Bertz CT molecular complexity index is 562. The minimum Gasteiger partial charge on any atom is -0.394 e. The van der Waals surface area contributed by atoms with E-state index in [-0.39, 0.29) is 11.5 Å². The largest absolute Gasteiger partial charge is 0.394 e. The SMILES string of the molecule is Cc1nn(CCO)c(C)c1S(=O)(=O)NN1CCCCC1. The molecule has 0 unspecified atom stereocenters. The van der Waals surface area contributed by atoms with Gasteiger partial charge in [-0.2, -0.15) is 5.10 Å². The predicted octanol–water partition coefficient (Wildman–Crippen LogP) is 0.171. The van der Waals surface area contributed by atoms with Crippen LogP contribution in [0.4, 0.5) is 0 Å². The molecule has 1 saturated heterocycles. The smallest absolute Gasteiger partial charge is 0.257 e. The second kappa shape index (κ2) is 6.21. The highest BCUT2D eigenvalue weighted by molar-refractivity contribution is 7.89. The summed E-state index contributed by atoms with van der Waals surface area (Å²) in [5, 5.41) is 14.9. The van der Waals surface area contributed by atoms with Crippen LogP contribution in [-0.2, 0) is 16.6 Å². The summed E-state index contributed by atoms with van der Waals surface area (Å²) in [4.78, 5) is 2.86. The highest BCUT2D eigenvalue weighted by Gasteiger charge is 2.27. The van der Waals surface area contributed by atoms with Crippen LogP contribution in [0.25, 0.3) is 0 Å². The van der Waals surface area contributed by atoms with Crippen LogP contribution in [-0.4, -0.2) is 48.0 Å². The highest BCUT2D eigenvalue weighted by Crippen LogP contribution is 2.20. The van der Waals surface area contributed by atoms with Crippen LogP contribution < -0.4 is 4.83 Å². The molecule has 0 amide bonds. The number of piperidine rings is 1. The molecule has 0 aliphatic carbocycles. The van der Waals surface area contributed by atoms with Gasteiger partial charge in [-0.15, -0.1) is 4.83 Å². The van der Waals surface area contributed by atoms with E-state index in [1.165, 1.54) is 4.68 Å². The lowest BCUT2D eigenvalue weighted by Crippen LogP contribution is -2.45. The van der Waals surface area contributed by atoms with Gasteiger partial charge in [-0.3, -0.25) is 4.68 Å². The van der Waals surface area contributed by atoms with E-state index in [0.29, 0.717) is 17.9 Å². The molecule has 0 saturated carbocycles. The molecule has 1 aliphatic heterocycles. The van der Waals surface area contributed by atoms with Gasteiger partial charge in [0, 0.05) is 13.1 Å². The maximum atomic E-state index is 12.5. The Morgan fingerprint density at radius 3 is 2.50 bits per heavy atom. The average Bonchev–Trinajstić information content (AvgIpc) is 2.66. The van der Waals surface area contributed by atoms with Gasteiger partial charge in [0.1, 0.15) is 4.90 Å². The summed E-state index contributed by atoms with van der Waals surface area (Å²) in [7, 11) is -3.61. The van der Waals surface area contributed by atoms with Gasteiger partial charge in [0.2, 0.25) is 0 Å². The van der Waals surface area contributed by atoms with E-state index in [2.05, 4.69) is 9.93 Å². The molecule has 0 bridgehead atoms. The van der Waals surface area contributed by atoms with Crippen LogP contribution in [0.2, 0.25) is 0 Å². The molecule has 0 atom stereocenters. The lowest BCUT2D eigenvalue weighted by Gasteiger charge is -2.26. The number of nitrogens with zero attached hydrogens (tertiary/aromatic N) is 3. The summed E-state index contributed by atoms with van der Waals surface area (Å²) in [5.74, 6) is 0. The number of rotatable bonds is 5. The fraction of sp³-hybridized carbons (Fsp3) is 0.750. The van der Waals surface area contributed by atoms with E-state index in [1.54, 1.807) is 18.9 Å². The van der Waals surface area contributed by atoms with Crippen LogP contribution in [0.5, 0.6) is 0 Å². The molecular formula is C12H22N4O3S. The Morgan fingerprint density at radius 2 is 1.90 bits per heavy atom. The first-order chi connectivity index (χ1) is 9.45. The van der Waals surface area contributed by atoms with Crippen molar-refractivity contribution >= 4 is 10.0 Å². The molecule has 2 rings (SSSR count). The summed E-state index contributed by atoms with van der Waals surface area (Å²) < 4.78 is 26.5. The molecule has 114 valence electrons. The zero-order valence-corrected chi connectivity index (χ0v) is 12.8. The first-order valence-electron chi connectivity index (χ1n) is 6.88. The van der Waals surface area contributed by atoms with Gasteiger partial charge in [0.15, 0.2) is 0 Å². The molecule has 7 nitrogen and oxygen atoms in total. The van der Waals surface area contributed by atoms with Crippen molar-refractivity contribution in [3.8, 4) is 0 Å². The Kier molecular flexibility index (Phi) is 4.79. The number of hydrazine groups is 1. The number of aliphatic hydroxyl groups is 1. The van der Waals surface area contributed by atoms with Crippen LogP contribution in [0.3, 0.4) is 0 Å². The third-order valence-electron chi connectivity index (χ3n) is 3.50. The quantitative estimate of drug-likeness (QED) is 0.809. The summed E-state index contributed by atoms with van der Waals surface area (Å²) in [5.41, 5.74) is 1.02. The van der Waals surface area contributed by atoms with Crippen molar-refractivity contribution in [1.29, 1.82) is 0 Å². The lowest BCUT2D eigenvalue weighted by molar-refractivity contribution is 0.200. The van der Waals surface area contributed by atoms with Crippen molar-refractivity contribution in [2.45, 2.75) is 44.6 Å². The number of nitrogens with one attached hydrogen (secondary N) is 1. The fourth-order valence-electron chi connectivity index (χ4n) is 2.58. The maximum absolute atomic E-state index is 12.5. The van der Waals surface area contributed by atoms with Gasteiger partial charge in [0.05, 0.1) is 24.5 Å². The van der Waals surface area contributed by atoms with Crippen LogP contribution in [0.1, 0.15) is 30.7 Å². The Hall–Kier alpha value is -0.960. The first-order valence-corrected chi connectivity index (χ1v) is 8.36. The normalized spacial score (nSPS) is 17.6. The maximum Gasteiger partial charge on any atom is 0.257 e. The number of aliphatic hydroxyl groups excluding tert-OH is 1. The zero-order valence-electron chi connectivity index (χ0n) is 12.0. The predicted molar refractivity (Wildman–Crippen MR) is 74.5 cm³/mol. The van der Waals surface area contributed by atoms with Crippen LogP contribution >= 0.6 is 0 Å². The van der Waals surface area contributed by atoms with E-state index < -0.39 is 10.0 Å². The summed E-state index contributed by atoms with van der Waals surface area (Å²) in [6.07, 6.45) is 3.15. The van der Waals surface area contributed by atoms with Gasteiger partial charge in [-0.25, -0.2) is 13.4 Å². The number of hydrogen-bond donors (Lipinski definition) is 2. The molecule has 0 aromatic carbocycles. The Balaban J connectivity index is 2.24. The van der Waals surface area contributed by atoms with E-state index in [9.17, 15) is 8.42 Å². The standard InChI is InChI=1S/C12H22N4O3S/c1-10-12(11(2)16(13-10)8-9-17)20(18,19)14-15-6-4-3-5-7-15/h14,17H,3-9H2,1-2H3. The summed E-state index contributed by atoms with van der Waals surface area (Å²) in [6, 6.07) is 0. The van der Waals surface area contributed by atoms with E-state index in [1.807, 2.05) is 0 Å². The van der Waals surface area contributed by atoms with Crippen molar-refractivity contribution < 1.29 is 13.5 Å². The van der Waals surface area contributed by atoms with Gasteiger partial charge in [0.25, 0.3) is 10.0 Å². The van der Waals surface area contributed by atoms with Crippen molar-refractivity contribution in [2.24, 2.45) is 0 Å². The second-order valence-corrected chi connectivity index (χ2v) is 6.69. The number of aromatic nitrogens is 2. The van der Waals surface area contributed by atoms with Gasteiger partial charge < -0.3 is 5.11 Å². The van der Waals surface area contributed by atoms with E-state index in [0.717, 1.165) is 32.4 Å². The number of sulfonamides is 1. The lowest BCUT2D eigenvalue weighted by atomic mass is 10.2. The number of aryl methyl sites for hydroxylation is 1. The highest BCUT2D eigenvalue weighted by atomic mass is 32.2. The Morgan fingerprint density at radius 1 is 1.25 bits per heavy atom. The molecule has 2 heterocycles. The monoisotopic (exact) mass is 302 g/mol. The average molecular weight is 302 g/mol. The van der Waals surface area contributed by atoms with Crippen molar-refractivity contribution in [2.75, 3.05) is 19.7 Å². The van der Waals surface area contributed by atoms with E-state index >= 15 is 0 Å². The molecule has 1 aromatic rings. The van der Waals surface area contributed by atoms with Crippen LogP contribution in [0.15, 0.2) is 4.90 Å². The van der Waals surface area contributed by atoms with Crippen molar-refractivity contribution in [1.82, 2.24) is 19.6 Å². The van der Waals surface area contributed by atoms with Crippen molar-refractivity contribution in [3.63, 3.8) is 0 Å². The molecule has 20 heavy (non-hydrogen) atoms. The summed E-state index contributed by atoms with van der Waals surface area (Å²) >= 11 is 0. The fourth-order valence-corrected chi connectivity index (χ4v) is 4.12. The molecule has 1 aliphatic rings. The van der Waals surface area contributed by atoms with Crippen molar-refractivity contribution in [3.05, 3.63) is 11.4 Å². The first kappa shape index (κ1) is 15.4. The molecule has 2 N–H and O–H groups in total. The van der Waals surface area contributed by atoms with Gasteiger partial charge >= 0.3 is 0 Å². The van der Waals surface area contributed by atoms with Gasteiger partial charge in [-0.1, -0.05) is 6.42 Å². The topological polar surface area (TPSA) is 87.5 Å². The summed E-state index contributed by atoms with van der Waals surface area (Å²) in [6.45, 7) is 5.09. The zero-order chi connectivity index (χ0) is 14.8. The van der Waals surface area contributed by atoms with Crippen LogP contribution in [0, 0.1) is 13.8 Å². The van der Waals surface area contributed by atoms with Gasteiger partial charge in [-0.05, 0) is 26.7 Å². The molecule has 0 spiro atoms. The molecule has 8 heteroatoms. The third kappa shape index (κ3) is 3.20.